The third-order valence-corrected chi connectivity index (χ3v) is 2.60. The Kier molecular flexibility index (Phi) is 3.05. The van der Waals surface area contributed by atoms with Crippen molar-refractivity contribution in [1.29, 1.82) is 0 Å². The van der Waals surface area contributed by atoms with Gasteiger partial charge in [0.15, 0.2) is 0 Å². The minimum absolute atomic E-state index is 0.0828. The first-order valence-corrected chi connectivity index (χ1v) is 5.25. The second-order valence-electron chi connectivity index (χ2n) is 3.87. The molecule has 1 heterocycles. The van der Waals surface area contributed by atoms with Crippen molar-refractivity contribution in [3.8, 4) is 11.3 Å². The molecule has 7 heteroatoms. The summed E-state index contributed by atoms with van der Waals surface area (Å²) in [6.07, 6.45) is -4.56. The SMILES string of the molecule is Cc1onc(-c2ccccc2C(F)(F)F)c1C(N)=O. The van der Waals surface area contributed by atoms with Gasteiger partial charge in [-0.1, -0.05) is 23.4 Å². The number of nitrogens with zero attached hydrogens (tertiary/aromatic N) is 1. The zero-order chi connectivity index (χ0) is 14.2. The van der Waals surface area contributed by atoms with Crippen molar-refractivity contribution in [2.24, 2.45) is 5.73 Å². The zero-order valence-corrected chi connectivity index (χ0v) is 9.78. The molecular weight excluding hydrogens is 261 g/mol. The molecule has 0 atom stereocenters. The number of aromatic nitrogens is 1. The van der Waals surface area contributed by atoms with E-state index in [1.807, 2.05) is 0 Å². The van der Waals surface area contributed by atoms with Crippen molar-refractivity contribution >= 4 is 5.91 Å². The predicted molar refractivity (Wildman–Crippen MR) is 60.2 cm³/mol. The number of hydrogen-bond donors (Lipinski definition) is 1. The molecule has 0 spiro atoms. The van der Waals surface area contributed by atoms with Crippen LogP contribution in [0.15, 0.2) is 28.8 Å². The lowest BCUT2D eigenvalue weighted by Crippen LogP contribution is -2.14. The molecule has 0 fully saturated rings. The minimum Gasteiger partial charge on any atom is -0.365 e. The van der Waals surface area contributed by atoms with Gasteiger partial charge in [-0.3, -0.25) is 4.79 Å². The van der Waals surface area contributed by atoms with Gasteiger partial charge >= 0.3 is 6.18 Å². The summed E-state index contributed by atoms with van der Waals surface area (Å²) in [6, 6.07) is 4.79. The van der Waals surface area contributed by atoms with Crippen molar-refractivity contribution in [2.45, 2.75) is 13.1 Å². The Morgan fingerprint density at radius 1 is 1.32 bits per heavy atom. The van der Waals surface area contributed by atoms with Gasteiger partial charge < -0.3 is 10.3 Å². The standard InChI is InChI=1S/C12H9F3N2O2/c1-6-9(11(16)18)10(17-19-6)7-4-2-3-5-8(7)12(13,14)15/h2-5H,1H3,(H2,16,18). The number of hydrogen-bond acceptors (Lipinski definition) is 3. The van der Waals surface area contributed by atoms with Crippen molar-refractivity contribution in [1.82, 2.24) is 5.16 Å². The van der Waals surface area contributed by atoms with Gasteiger partial charge in [-0.05, 0) is 13.0 Å². The molecule has 0 aliphatic rings. The maximum absolute atomic E-state index is 12.9. The molecule has 0 aliphatic carbocycles. The fourth-order valence-corrected chi connectivity index (χ4v) is 1.78. The van der Waals surface area contributed by atoms with Crippen molar-refractivity contribution in [3.05, 3.63) is 41.2 Å². The lowest BCUT2D eigenvalue weighted by atomic mass is 10.00. The molecule has 0 saturated heterocycles. The molecule has 100 valence electrons. The Bertz CT molecular complexity index is 632. The highest BCUT2D eigenvalue weighted by molar-refractivity contribution is 6.00. The first-order valence-electron chi connectivity index (χ1n) is 5.25. The number of carbonyl (C=O) groups excluding carboxylic acids is 1. The number of amides is 1. The van der Waals surface area contributed by atoms with Crippen LogP contribution in [0.3, 0.4) is 0 Å². The number of nitrogens with two attached hydrogens (primary N) is 1. The van der Waals surface area contributed by atoms with Crippen LogP contribution in [0.4, 0.5) is 13.2 Å². The Morgan fingerprint density at radius 2 is 1.95 bits per heavy atom. The zero-order valence-electron chi connectivity index (χ0n) is 9.78. The summed E-state index contributed by atoms with van der Waals surface area (Å²) < 4.78 is 43.5. The lowest BCUT2D eigenvalue weighted by molar-refractivity contribution is -0.137. The van der Waals surface area contributed by atoms with E-state index >= 15 is 0 Å². The Hall–Kier alpha value is -2.31. The molecule has 0 aliphatic heterocycles. The summed E-state index contributed by atoms with van der Waals surface area (Å²) in [7, 11) is 0. The maximum Gasteiger partial charge on any atom is 0.417 e. The largest absolute Gasteiger partial charge is 0.417 e. The van der Waals surface area contributed by atoms with E-state index < -0.39 is 17.6 Å². The second-order valence-corrected chi connectivity index (χ2v) is 3.87. The van der Waals surface area contributed by atoms with Crippen LogP contribution in [0.2, 0.25) is 0 Å². The van der Waals surface area contributed by atoms with E-state index in [1.54, 1.807) is 0 Å². The van der Waals surface area contributed by atoms with Gasteiger partial charge in [-0.15, -0.1) is 0 Å². The van der Waals surface area contributed by atoms with E-state index in [4.69, 9.17) is 10.3 Å². The summed E-state index contributed by atoms with van der Waals surface area (Å²) in [6.45, 7) is 1.41. The molecular formula is C12H9F3N2O2. The predicted octanol–water partition coefficient (Wildman–Crippen LogP) is 2.77. The first-order chi connectivity index (χ1) is 8.82. The number of halogens is 3. The van der Waals surface area contributed by atoms with Crippen LogP contribution < -0.4 is 5.73 Å². The summed E-state index contributed by atoms with van der Waals surface area (Å²) in [4.78, 5) is 11.3. The van der Waals surface area contributed by atoms with Crippen LogP contribution in [0, 0.1) is 6.92 Å². The van der Waals surface area contributed by atoms with Crippen molar-refractivity contribution < 1.29 is 22.5 Å². The smallest absolute Gasteiger partial charge is 0.365 e. The third kappa shape index (κ3) is 2.31. The van der Waals surface area contributed by atoms with Crippen molar-refractivity contribution in [3.63, 3.8) is 0 Å². The fourth-order valence-electron chi connectivity index (χ4n) is 1.78. The number of rotatable bonds is 2. The molecule has 1 amide bonds. The van der Waals surface area contributed by atoms with E-state index in [-0.39, 0.29) is 22.6 Å². The maximum atomic E-state index is 12.9. The molecule has 4 nitrogen and oxygen atoms in total. The van der Waals surface area contributed by atoms with Crippen LogP contribution in [-0.4, -0.2) is 11.1 Å². The quantitative estimate of drug-likeness (QED) is 0.912. The van der Waals surface area contributed by atoms with Crippen LogP contribution >= 0.6 is 0 Å². The van der Waals surface area contributed by atoms with Gasteiger partial charge in [-0.2, -0.15) is 13.2 Å². The molecule has 0 radical (unpaired) electrons. The molecule has 2 rings (SSSR count). The minimum atomic E-state index is -4.56. The average molecular weight is 270 g/mol. The Morgan fingerprint density at radius 3 is 2.53 bits per heavy atom. The van der Waals surface area contributed by atoms with E-state index in [2.05, 4.69) is 5.16 Å². The van der Waals surface area contributed by atoms with E-state index in [1.165, 1.54) is 25.1 Å². The third-order valence-electron chi connectivity index (χ3n) is 2.60. The normalized spacial score (nSPS) is 11.6. The molecule has 1 aromatic heterocycles. The number of benzene rings is 1. The lowest BCUT2D eigenvalue weighted by Gasteiger charge is -2.11. The molecule has 19 heavy (non-hydrogen) atoms. The molecule has 0 bridgehead atoms. The average Bonchev–Trinajstić information content (AvgIpc) is 2.70. The first kappa shape index (κ1) is 13.1. The van der Waals surface area contributed by atoms with Crippen LogP contribution in [0.5, 0.6) is 0 Å². The van der Waals surface area contributed by atoms with Crippen LogP contribution in [0.1, 0.15) is 21.7 Å². The second kappa shape index (κ2) is 4.42. The van der Waals surface area contributed by atoms with Crippen molar-refractivity contribution in [2.75, 3.05) is 0 Å². The molecule has 0 saturated carbocycles. The summed E-state index contributed by atoms with van der Waals surface area (Å²) in [5.74, 6) is -0.801. The molecule has 1 aromatic carbocycles. The molecule has 2 aromatic rings. The van der Waals surface area contributed by atoms with Crippen LogP contribution in [0.25, 0.3) is 11.3 Å². The highest BCUT2D eigenvalue weighted by Crippen LogP contribution is 2.37. The van der Waals surface area contributed by atoms with Gasteiger partial charge in [0.05, 0.1) is 5.56 Å². The summed E-state index contributed by atoms with van der Waals surface area (Å²) >= 11 is 0. The number of aryl methyl sites for hydroxylation is 1. The monoisotopic (exact) mass is 270 g/mol. The van der Waals surface area contributed by atoms with E-state index in [0.29, 0.717) is 0 Å². The van der Waals surface area contributed by atoms with E-state index in [0.717, 1.165) is 6.07 Å². The molecule has 2 N–H and O–H groups in total. The Balaban J connectivity index is 2.70. The number of carbonyl (C=O) groups is 1. The molecule has 0 unspecified atom stereocenters. The van der Waals surface area contributed by atoms with Gasteiger partial charge in [0.25, 0.3) is 5.91 Å². The summed E-state index contributed by atoms with van der Waals surface area (Å²) in [5, 5.41) is 3.51. The highest BCUT2D eigenvalue weighted by Gasteiger charge is 2.35. The van der Waals surface area contributed by atoms with Gasteiger partial charge in [0.2, 0.25) is 0 Å². The van der Waals surface area contributed by atoms with Gasteiger partial charge in [0.1, 0.15) is 17.0 Å². The fraction of sp³-hybridized carbons (Fsp3) is 0.167. The van der Waals surface area contributed by atoms with Crippen LogP contribution in [-0.2, 0) is 6.18 Å². The van der Waals surface area contributed by atoms with Gasteiger partial charge in [-0.25, -0.2) is 0 Å². The number of primary amides is 1. The number of alkyl halides is 3. The van der Waals surface area contributed by atoms with Gasteiger partial charge in [0, 0.05) is 5.56 Å². The highest BCUT2D eigenvalue weighted by atomic mass is 19.4. The topological polar surface area (TPSA) is 69.1 Å². The van der Waals surface area contributed by atoms with E-state index in [9.17, 15) is 18.0 Å². The summed E-state index contributed by atoms with van der Waals surface area (Å²) in [5.41, 5.74) is 3.66. The Labute approximate surface area is 106 Å².